The SMILES string of the molecule is NS(=O)(=O)c1ccc(C=O)cc1OC(F)(F)F. The molecule has 0 aliphatic carbocycles. The van der Waals surface area contributed by atoms with Gasteiger partial charge in [-0.15, -0.1) is 13.2 Å². The van der Waals surface area contributed by atoms with Crippen molar-refractivity contribution in [3.63, 3.8) is 0 Å². The Morgan fingerprint density at radius 2 is 1.88 bits per heavy atom. The van der Waals surface area contributed by atoms with Gasteiger partial charge in [0.05, 0.1) is 0 Å². The van der Waals surface area contributed by atoms with Crippen molar-refractivity contribution in [2.24, 2.45) is 5.14 Å². The topological polar surface area (TPSA) is 86.5 Å². The maximum atomic E-state index is 12.0. The van der Waals surface area contributed by atoms with Crippen LogP contribution in [0.2, 0.25) is 0 Å². The first-order valence-electron chi connectivity index (χ1n) is 4.01. The van der Waals surface area contributed by atoms with E-state index >= 15 is 0 Å². The first kappa shape index (κ1) is 13.5. The van der Waals surface area contributed by atoms with Crippen molar-refractivity contribution in [3.05, 3.63) is 23.8 Å². The number of hydrogen-bond donors (Lipinski definition) is 1. The van der Waals surface area contributed by atoms with Crippen molar-refractivity contribution in [1.29, 1.82) is 0 Å². The van der Waals surface area contributed by atoms with Crippen LogP contribution >= 0.6 is 0 Å². The predicted molar refractivity (Wildman–Crippen MR) is 49.9 cm³/mol. The number of aldehydes is 1. The Labute approximate surface area is 94.0 Å². The Morgan fingerprint density at radius 1 is 1.29 bits per heavy atom. The van der Waals surface area contributed by atoms with E-state index in [0.29, 0.717) is 6.07 Å². The van der Waals surface area contributed by atoms with E-state index in [0.717, 1.165) is 12.1 Å². The fourth-order valence-electron chi connectivity index (χ4n) is 1.04. The van der Waals surface area contributed by atoms with Crippen molar-refractivity contribution in [2.45, 2.75) is 11.3 Å². The molecule has 17 heavy (non-hydrogen) atoms. The minimum atomic E-state index is -5.08. The van der Waals surface area contributed by atoms with E-state index in [-0.39, 0.29) is 11.8 Å². The molecule has 0 spiro atoms. The summed E-state index contributed by atoms with van der Waals surface area (Å²) in [4.78, 5) is 9.52. The van der Waals surface area contributed by atoms with Gasteiger partial charge in [-0.2, -0.15) is 0 Å². The summed E-state index contributed by atoms with van der Waals surface area (Å²) < 4.78 is 61.4. The first-order valence-corrected chi connectivity index (χ1v) is 5.56. The summed E-state index contributed by atoms with van der Waals surface area (Å²) in [5.41, 5.74) is -0.170. The third-order valence-corrected chi connectivity index (χ3v) is 2.59. The number of ether oxygens (including phenoxy) is 1. The molecule has 0 saturated carbocycles. The zero-order valence-corrected chi connectivity index (χ0v) is 8.88. The second kappa shape index (κ2) is 4.34. The Morgan fingerprint density at radius 3 is 2.29 bits per heavy atom. The monoisotopic (exact) mass is 269 g/mol. The molecular weight excluding hydrogens is 263 g/mol. The Kier molecular flexibility index (Phi) is 3.43. The Bertz CT molecular complexity index is 538. The number of sulfonamides is 1. The molecule has 5 nitrogen and oxygen atoms in total. The molecule has 0 fully saturated rings. The minimum absolute atomic E-state index is 0.170. The fourth-order valence-corrected chi connectivity index (χ4v) is 1.68. The van der Waals surface area contributed by atoms with Gasteiger partial charge >= 0.3 is 6.36 Å². The maximum absolute atomic E-state index is 12.0. The summed E-state index contributed by atoms with van der Waals surface area (Å²) >= 11 is 0. The number of hydrogen-bond acceptors (Lipinski definition) is 4. The third-order valence-electron chi connectivity index (χ3n) is 1.64. The predicted octanol–water partition coefficient (Wildman–Crippen LogP) is 1.05. The first-order chi connectivity index (χ1) is 7.63. The highest BCUT2D eigenvalue weighted by atomic mass is 32.2. The zero-order valence-electron chi connectivity index (χ0n) is 8.06. The smallest absolute Gasteiger partial charge is 0.404 e. The largest absolute Gasteiger partial charge is 0.573 e. The zero-order chi connectivity index (χ0) is 13.3. The molecule has 0 saturated heterocycles. The molecule has 0 bridgehead atoms. The van der Waals surface area contributed by atoms with Crippen LogP contribution in [0.4, 0.5) is 13.2 Å². The summed E-state index contributed by atoms with van der Waals surface area (Å²) in [6, 6.07) is 2.41. The van der Waals surface area contributed by atoms with Gasteiger partial charge in [0.1, 0.15) is 16.9 Å². The summed E-state index contributed by atoms with van der Waals surface area (Å²) in [6.07, 6.45) is -4.84. The lowest BCUT2D eigenvalue weighted by Crippen LogP contribution is -2.21. The van der Waals surface area contributed by atoms with Gasteiger partial charge in [-0.05, 0) is 12.1 Å². The van der Waals surface area contributed by atoms with Gasteiger partial charge < -0.3 is 4.74 Å². The van der Waals surface area contributed by atoms with Gasteiger partial charge in [0, 0.05) is 5.56 Å². The van der Waals surface area contributed by atoms with Crippen LogP contribution in [0.1, 0.15) is 10.4 Å². The normalized spacial score (nSPS) is 12.2. The van der Waals surface area contributed by atoms with Crippen LogP contribution < -0.4 is 9.88 Å². The van der Waals surface area contributed by atoms with Gasteiger partial charge in [-0.25, -0.2) is 13.6 Å². The lowest BCUT2D eigenvalue weighted by molar-refractivity contribution is -0.275. The van der Waals surface area contributed by atoms with Crippen LogP contribution in [0.25, 0.3) is 0 Å². The van der Waals surface area contributed by atoms with E-state index < -0.39 is 27.0 Å². The molecule has 0 atom stereocenters. The molecule has 0 radical (unpaired) electrons. The van der Waals surface area contributed by atoms with E-state index in [1.807, 2.05) is 0 Å². The number of benzene rings is 1. The van der Waals surface area contributed by atoms with Crippen LogP contribution in [-0.2, 0) is 10.0 Å². The number of rotatable bonds is 3. The number of carbonyl (C=O) groups is 1. The van der Waals surface area contributed by atoms with E-state index in [9.17, 15) is 26.4 Å². The maximum Gasteiger partial charge on any atom is 0.573 e. The van der Waals surface area contributed by atoms with E-state index in [2.05, 4.69) is 4.74 Å². The third kappa shape index (κ3) is 3.71. The van der Waals surface area contributed by atoms with Crippen LogP contribution in [0.3, 0.4) is 0 Å². The molecule has 9 heteroatoms. The molecule has 0 aromatic heterocycles. The highest BCUT2D eigenvalue weighted by molar-refractivity contribution is 7.89. The van der Waals surface area contributed by atoms with E-state index in [1.165, 1.54) is 0 Å². The van der Waals surface area contributed by atoms with Crippen LogP contribution in [0.5, 0.6) is 5.75 Å². The van der Waals surface area contributed by atoms with Gasteiger partial charge in [0.15, 0.2) is 0 Å². The minimum Gasteiger partial charge on any atom is -0.404 e. The van der Waals surface area contributed by atoms with Crippen molar-refractivity contribution in [1.82, 2.24) is 0 Å². The van der Waals surface area contributed by atoms with Gasteiger partial charge in [-0.3, -0.25) is 4.79 Å². The van der Waals surface area contributed by atoms with E-state index in [1.54, 1.807) is 0 Å². The lowest BCUT2D eigenvalue weighted by Gasteiger charge is -2.12. The molecule has 2 N–H and O–H groups in total. The van der Waals surface area contributed by atoms with Gasteiger partial charge in [0.25, 0.3) is 0 Å². The summed E-state index contributed by atoms with van der Waals surface area (Å²) in [7, 11) is -4.37. The summed E-state index contributed by atoms with van der Waals surface area (Å²) in [5.74, 6) is -1.04. The number of halogens is 3. The Hall–Kier alpha value is -1.61. The molecule has 94 valence electrons. The van der Waals surface area contributed by atoms with E-state index in [4.69, 9.17) is 5.14 Å². The van der Waals surface area contributed by atoms with Crippen molar-refractivity contribution >= 4 is 16.3 Å². The number of alkyl halides is 3. The second-order valence-electron chi connectivity index (χ2n) is 2.92. The van der Waals surface area contributed by atoms with Gasteiger partial charge in [-0.1, -0.05) is 6.07 Å². The number of primary sulfonamides is 1. The van der Waals surface area contributed by atoms with Crippen LogP contribution in [0, 0.1) is 0 Å². The fraction of sp³-hybridized carbons (Fsp3) is 0.125. The number of nitrogens with two attached hydrogens (primary N) is 1. The molecular formula is C8H6F3NO4S. The average Bonchev–Trinajstić information content (AvgIpc) is 2.13. The molecule has 0 aliphatic rings. The van der Waals surface area contributed by atoms with Crippen molar-refractivity contribution in [2.75, 3.05) is 0 Å². The molecule has 1 aromatic rings. The van der Waals surface area contributed by atoms with Gasteiger partial charge in [0.2, 0.25) is 10.0 Å². The Balaban J connectivity index is 3.36. The average molecular weight is 269 g/mol. The van der Waals surface area contributed by atoms with Crippen molar-refractivity contribution in [3.8, 4) is 5.75 Å². The molecule has 0 aliphatic heterocycles. The quantitative estimate of drug-likeness (QED) is 0.831. The summed E-state index contributed by atoms with van der Waals surface area (Å²) in [5, 5.41) is 4.70. The standard InChI is InChI=1S/C8H6F3NO4S/c9-8(10,11)16-6-3-5(4-13)1-2-7(6)17(12,14)15/h1-4H,(H2,12,14,15). The van der Waals surface area contributed by atoms with Crippen molar-refractivity contribution < 1.29 is 31.1 Å². The lowest BCUT2D eigenvalue weighted by atomic mass is 10.2. The molecule has 0 amide bonds. The molecule has 1 rings (SSSR count). The highest BCUT2D eigenvalue weighted by Gasteiger charge is 2.33. The van der Waals surface area contributed by atoms with Crippen LogP contribution in [-0.4, -0.2) is 21.1 Å². The second-order valence-corrected chi connectivity index (χ2v) is 4.45. The molecule has 1 aromatic carbocycles. The summed E-state index contributed by atoms with van der Waals surface area (Å²) in [6.45, 7) is 0. The highest BCUT2D eigenvalue weighted by Crippen LogP contribution is 2.29. The molecule has 0 heterocycles. The molecule has 0 unspecified atom stereocenters. The van der Waals surface area contributed by atoms with Crippen LogP contribution in [0.15, 0.2) is 23.1 Å². The number of carbonyl (C=O) groups excluding carboxylic acids is 1.